The van der Waals surface area contributed by atoms with Gasteiger partial charge in [0.05, 0.1) is 6.26 Å². The number of amides is 1. The predicted octanol–water partition coefficient (Wildman–Crippen LogP) is 1.58. The largest absolute Gasteiger partial charge is 0.381 e. The van der Waals surface area contributed by atoms with Gasteiger partial charge in [-0.05, 0) is 37.1 Å². The SMILES string of the molecule is CS(=O)(=O)N1CCC(C(=O)NCC2(c3cccs3)CCOCC2)CC1. The van der Waals surface area contributed by atoms with Gasteiger partial charge in [0.25, 0.3) is 0 Å². The minimum Gasteiger partial charge on any atom is -0.381 e. The number of hydrogen-bond donors (Lipinski definition) is 1. The van der Waals surface area contributed by atoms with E-state index in [2.05, 4.69) is 22.8 Å². The lowest BCUT2D eigenvalue weighted by atomic mass is 9.78. The van der Waals surface area contributed by atoms with Gasteiger partial charge in [-0.1, -0.05) is 6.07 Å². The number of nitrogens with one attached hydrogen (secondary N) is 1. The van der Waals surface area contributed by atoms with Crippen molar-refractivity contribution < 1.29 is 17.9 Å². The molecule has 2 fully saturated rings. The number of nitrogens with zero attached hydrogens (tertiary/aromatic N) is 1. The van der Waals surface area contributed by atoms with Crippen LogP contribution < -0.4 is 5.32 Å². The first-order valence-corrected chi connectivity index (χ1v) is 11.5. The van der Waals surface area contributed by atoms with Gasteiger partial charge in [0.1, 0.15) is 0 Å². The van der Waals surface area contributed by atoms with Gasteiger partial charge in [-0.3, -0.25) is 4.79 Å². The highest BCUT2D eigenvalue weighted by molar-refractivity contribution is 7.88. The topological polar surface area (TPSA) is 75.7 Å². The fraction of sp³-hybridized carbons (Fsp3) is 0.706. The van der Waals surface area contributed by atoms with Gasteiger partial charge in [0.2, 0.25) is 15.9 Å². The van der Waals surface area contributed by atoms with E-state index in [9.17, 15) is 13.2 Å². The van der Waals surface area contributed by atoms with Gasteiger partial charge in [-0.2, -0.15) is 0 Å². The smallest absolute Gasteiger partial charge is 0.223 e. The van der Waals surface area contributed by atoms with E-state index in [1.807, 2.05) is 0 Å². The molecule has 0 unspecified atom stereocenters. The monoisotopic (exact) mass is 386 g/mol. The second kappa shape index (κ2) is 7.73. The third-order valence-electron chi connectivity index (χ3n) is 5.39. The van der Waals surface area contributed by atoms with Gasteiger partial charge in [-0.15, -0.1) is 11.3 Å². The molecule has 6 nitrogen and oxygen atoms in total. The van der Waals surface area contributed by atoms with E-state index in [0.29, 0.717) is 32.5 Å². The fourth-order valence-corrected chi connectivity index (χ4v) is 5.56. The Morgan fingerprint density at radius 1 is 1.36 bits per heavy atom. The van der Waals surface area contributed by atoms with Crippen molar-refractivity contribution in [2.24, 2.45) is 5.92 Å². The van der Waals surface area contributed by atoms with Crippen molar-refractivity contribution in [3.8, 4) is 0 Å². The molecule has 0 spiro atoms. The van der Waals surface area contributed by atoms with Gasteiger partial charge in [0, 0.05) is 49.1 Å². The normalized spacial score (nSPS) is 22.6. The first kappa shape index (κ1) is 18.8. The van der Waals surface area contributed by atoms with Crippen molar-refractivity contribution in [2.75, 3.05) is 39.1 Å². The Morgan fingerprint density at radius 3 is 2.60 bits per heavy atom. The number of rotatable bonds is 5. The third kappa shape index (κ3) is 4.42. The van der Waals surface area contributed by atoms with E-state index in [0.717, 1.165) is 26.1 Å². The molecule has 0 aliphatic carbocycles. The summed E-state index contributed by atoms with van der Waals surface area (Å²) in [5.74, 6) is -0.0474. The number of sulfonamides is 1. The molecule has 1 aromatic rings. The summed E-state index contributed by atoms with van der Waals surface area (Å²) in [7, 11) is -3.15. The van der Waals surface area contributed by atoms with E-state index >= 15 is 0 Å². The number of piperidine rings is 1. The maximum atomic E-state index is 12.6. The van der Waals surface area contributed by atoms with E-state index in [1.165, 1.54) is 15.4 Å². The Bertz CT molecular complexity index is 674. The Morgan fingerprint density at radius 2 is 2.04 bits per heavy atom. The predicted molar refractivity (Wildman–Crippen MR) is 98.2 cm³/mol. The van der Waals surface area contributed by atoms with Gasteiger partial charge in [0.15, 0.2) is 0 Å². The van der Waals surface area contributed by atoms with Crippen LogP contribution in [-0.2, 0) is 25.0 Å². The zero-order chi connectivity index (χ0) is 17.9. The number of thiophene rings is 1. The molecule has 0 radical (unpaired) electrons. The summed E-state index contributed by atoms with van der Waals surface area (Å²) in [6, 6.07) is 4.20. The van der Waals surface area contributed by atoms with Crippen LogP contribution >= 0.6 is 11.3 Å². The number of hydrogen-bond acceptors (Lipinski definition) is 5. The molecule has 0 aromatic carbocycles. The van der Waals surface area contributed by atoms with Gasteiger partial charge < -0.3 is 10.1 Å². The highest BCUT2D eigenvalue weighted by atomic mass is 32.2. The summed E-state index contributed by atoms with van der Waals surface area (Å²) in [6.45, 7) is 2.94. The van der Waals surface area contributed by atoms with Crippen LogP contribution in [-0.4, -0.2) is 57.7 Å². The van der Waals surface area contributed by atoms with Crippen molar-refractivity contribution in [1.29, 1.82) is 0 Å². The van der Waals surface area contributed by atoms with Crippen LogP contribution in [0.15, 0.2) is 17.5 Å². The highest BCUT2D eigenvalue weighted by Gasteiger charge is 2.37. The number of carbonyl (C=O) groups is 1. The second-order valence-corrected chi connectivity index (χ2v) is 9.95. The van der Waals surface area contributed by atoms with Gasteiger partial charge >= 0.3 is 0 Å². The summed E-state index contributed by atoms with van der Waals surface area (Å²) >= 11 is 1.74. The molecule has 2 aliphatic heterocycles. The fourth-order valence-electron chi connectivity index (χ4n) is 3.70. The Balaban J connectivity index is 1.58. The Labute approximate surface area is 153 Å². The van der Waals surface area contributed by atoms with Crippen LogP contribution in [0.3, 0.4) is 0 Å². The van der Waals surface area contributed by atoms with Crippen LogP contribution in [0.4, 0.5) is 0 Å². The molecule has 140 valence electrons. The van der Waals surface area contributed by atoms with E-state index in [-0.39, 0.29) is 17.2 Å². The first-order chi connectivity index (χ1) is 11.9. The molecule has 25 heavy (non-hydrogen) atoms. The second-order valence-electron chi connectivity index (χ2n) is 7.02. The average molecular weight is 387 g/mol. The lowest BCUT2D eigenvalue weighted by Crippen LogP contribution is -2.47. The molecule has 0 atom stereocenters. The standard InChI is InChI=1S/C17H26N2O4S2/c1-25(21,22)19-8-4-14(5-9-19)16(20)18-13-17(6-10-23-11-7-17)15-3-2-12-24-15/h2-3,12,14H,4-11,13H2,1H3,(H,18,20). The molecule has 2 aliphatic rings. The lowest BCUT2D eigenvalue weighted by Gasteiger charge is -2.37. The van der Waals surface area contributed by atoms with Crippen LogP contribution in [0.25, 0.3) is 0 Å². The average Bonchev–Trinajstić information content (AvgIpc) is 3.15. The molecule has 0 bridgehead atoms. The molecule has 1 aromatic heterocycles. The maximum absolute atomic E-state index is 12.6. The molecule has 1 amide bonds. The third-order valence-corrected chi connectivity index (χ3v) is 7.81. The van der Waals surface area contributed by atoms with Crippen molar-refractivity contribution >= 4 is 27.3 Å². The van der Waals surface area contributed by atoms with Crippen LogP contribution in [0.5, 0.6) is 0 Å². The summed E-state index contributed by atoms with van der Waals surface area (Å²) < 4.78 is 30.1. The minimum atomic E-state index is -3.15. The molecule has 8 heteroatoms. The molecule has 0 saturated carbocycles. The van der Waals surface area contributed by atoms with Crippen LogP contribution in [0.2, 0.25) is 0 Å². The van der Waals surface area contributed by atoms with E-state index in [1.54, 1.807) is 11.3 Å². The summed E-state index contributed by atoms with van der Waals surface area (Å²) in [5.41, 5.74) is -0.0322. The maximum Gasteiger partial charge on any atom is 0.223 e. The van der Waals surface area contributed by atoms with Crippen LogP contribution in [0.1, 0.15) is 30.6 Å². The molecule has 3 rings (SSSR count). The Kier molecular flexibility index (Phi) is 5.82. The van der Waals surface area contributed by atoms with E-state index < -0.39 is 10.0 Å². The van der Waals surface area contributed by atoms with Gasteiger partial charge in [-0.25, -0.2) is 12.7 Å². The van der Waals surface area contributed by atoms with Crippen molar-refractivity contribution in [2.45, 2.75) is 31.1 Å². The Hall–Kier alpha value is -0.960. The van der Waals surface area contributed by atoms with Crippen molar-refractivity contribution in [3.05, 3.63) is 22.4 Å². The molecule has 1 N–H and O–H groups in total. The zero-order valence-electron chi connectivity index (χ0n) is 14.6. The molecular formula is C17H26N2O4S2. The first-order valence-electron chi connectivity index (χ1n) is 8.75. The van der Waals surface area contributed by atoms with Crippen molar-refractivity contribution in [3.63, 3.8) is 0 Å². The quantitative estimate of drug-likeness (QED) is 0.834. The minimum absolute atomic E-state index is 0.0322. The number of ether oxygens (including phenoxy) is 1. The zero-order valence-corrected chi connectivity index (χ0v) is 16.2. The van der Waals surface area contributed by atoms with Crippen molar-refractivity contribution in [1.82, 2.24) is 9.62 Å². The van der Waals surface area contributed by atoms with E-state index in [4.69, 9.17) is 4.74 Å². The summed E-state index contributed by atoms with van der Waals surface area (Å²) in [5, 5.41) is 5.23. The van der Waals surface area contributed by atoms with Crippen LogP contribution in [0, 0.1) is 5.92 Å². The molecule has 2 saturated heterocycles. The molecule has 3 heterocycles. The molecular weight excluding hydrogens is 360 g/mol. The summed E-state index contributed by atoms with van der Waals surface area (Å²) in [6.07, 6.45) is 4.24. The summed E-state index contributed by atoms with van der Waals surface area (Å²) in [4.78, 5) is 13.9. The highest BCUT2D eigenvalue weighted by Crippen LogP contribution is 2.37. The lowest BCUT2D eigenvalue weighted by molar-refractivity contribution is -0.126. The number of carbonyl (C=O) groups excluding carboxylic acids is 1.